The zero-order valence-electron chi connectivity index (χ0n) is 12.4. The summed E-state index contributed by atoms with van der Waals surface area (Å²) in [5.74, 6) is 0.694. The van der Waals surface area contributed by atoms with Gasteiger partial charge >= 0.3 is 0 Å². The number of pyridine rings is 1. The summed E-state index contributed by atoms with van der Waals surface area (Å²) < 4.78 is 16.0. The minimum Gasteiger partial charge on any atom is -0.490 e. The van der Waals surface area contributed by atoms with E-state index in [-0.39, 0.29) is 25.1 Å². The van der Waals surface area contributed by atoms with E-state index in [0.29, 0.717) is 45.2 Å². The van der Waals surface area contributed by atoms with Gasteiger partial charge in [-0.15, -0.1) is 12.4 Å². The van der Waals surface area contributed by atoms with E-state index in [1.165, 1.54) is 0 Å². The second-order valence-electron chi connectivity index (χ2n) is 4.29. The first kappa shape index (κ1) is 20.1. The Kier molecular flexibility index (Phi) is 12.2. The number of aliphatic hydroxyl groups excluding tert-OH is 1. The predicted octanol–water partition coefficient (Wildman–Crippen LogP) is 0.797. The Balaban J connectivity index is 0.00000400. The van der Waals surface area contributed by atoms with Crippen LogP contribution >= 0.6 is 12.4 Å². The van der Waals surface area contributed by atoms with Gasteiger partial charge in [-0.25, -0.2) is 0 Å². The van der Waals surface area contributed by atoms with Gasteiger partial charge in [-0.1, -0.05) is 0 Å². The summed E-state index contributed by atoms with van der Waals surface area (Å²) >= 11 is 0. The van der Waals surface area contributed by atoms with Crippen LogP contribution in [0.2, 0.25) is 0 Å². The summed E-state index contributed by atoms with van der Waals surface area (Å²) in [5, 5.41) is 8.87. The Labute approximate surface area is 132 Å². The third-order valence-electron chi connectivity index (χ3n) is 2.58. The molecular weight excluding hydrogens is 296 g/mol. The molecule has 0 saturated heterocycles. The van der Waals surface area contributed by atoms with Crippen molar-refractivity contribution in [3.05, 3.63) is 24.0 Å². The lowest BCUT2D eigenvalue weighted by molar-refractivity contribution is 0.0404. The molecule has 7 heteroatoms. The van der Waals surface area contributed by atoms with Gasteiger partial charge in [-0.2, -0.15) is 0 Å². The van der Waals surface area contributed by atoms with Crippen LogP contribution in [0, 0.1) is 0 Å². The number of nitrogens with zero attached hydrogens (tertiary/aromatic N) is 1. The van der Waals surface area contributed by atoms with E-state index in [1.807, 2.05) is 19.1 Å². The smallest absolute Gasteiger partial charge is 0.137 e. The Morgan fingerprint density at radius 2 is 1.90 bits per heavy atom. The lowest BCUT2D eigenvalue weighted by atomic mass is 10.1. The highest BCUT2D eigenvalue weighted by molar-refractivity contribution is 5.85. The third kappa shape index (κ3) is 9.60. The lowest BCUT2D eigenvalue weighted by Gasteiger charge is -2.09. The molecule has 0 spiro atoms. The van der Waals surface area contributed by atoms with Gasteiger partial charge in [0, 0.05) is 24.8 Å². The molecule has 6 nitrogen and oxygen atoms in total. The fourth-order valence-electron chi connectivity index (χ4n) is 1.53. The highest BCUT2D eigenvalue weighted by atomic mass is 35.5. The van der Waals surface area contributed by atoms with Crippen LogP contribution in [0.1, 0.15) is 12.6 Å². The van der Waals surface area contributed by atoms with E-state index in [1.54, 1.807) is 6.20 Å². The molecule has 0 aliphatic carbocycles. The SMILES string of the molecule is CCOCCOCCOc1ccc(CC(N)CO)nc1.Cl. The molecule has 0 aromatic carbocycles. The molecule has 0 saturated carbocycles. The molecule has 1 rings (SSSR count). The van der Waals surface area contributed by atoms with Gasteiger partial charge in [0.1, 0.15) is 12.4 Å². The van der Waals surface area contributed by atoms with E-state index in [4.69, 9.17) is 25.1 Å². The minimum absolute atomic E-state index is 0. The number of nitrogens with two attached hydrogens (primary N) is 1. The van der Waals surface area contributed by atoms with Crippen molar-refractivity contribution in [2.45, 2.75) is 19.4 Å². The zero-order valence-corrected chi connectivity index (χ0v) is 13.2. The first-order valence-corrected chi connectivity index (χ1v) is 6.86. The quantitative estimate of drug-likeness (QED) is 0.586. The summed E-state index contributed by atoms with van der Waals surface area (Å²) in [6.45, 7) is 4.79. The van der Waals surface area contributed by atoms with Crippen LogP contribution in [0.5, 0.6) is 5.75 Å². The van der Waals surface area contributed by atoms with E-state index in [2.05, 4.69) is 4.98 Å². The van der Waals surface area contributed by atoms with Crippen molar-refractivity contribution >= 4 is 12.4 Å². The number of halogens is 1. The fraction of sp³-hybridized carbons (Fsp3) is 0.643. The number of aliphatic hydroxyl groups is 1. The molecule has 0 bridgehead atoms. The standard InChI is InChI=1S/C14H24N2O4.ClH/c1-2-18-5-6-19-7-8-20-14-4-3-13(16-10-14)9-12(15)11-17;/h3-4,10,12,17H,2,5-9,11,15H2,1H3;1H. The molecule has 3 N–H and O–H groups in total. The van der Waals surface area contributed by atoms with Crippen molar-refractivity contribution in [1.82, 2.24) is 4.98 Å². The molecule has 122 valence electrons. The van der Waals surface area contributed by atoms with Gasteiger partial charge in [-0.05, 0) is 19.1 Å². The summed E-state index contributed by atoms with van der Waals surface area (Å²) in [5.41, 5.74) is 6.48. The molecule has 0 aliphatic heterocycles. The highest BCUT2D eigenvalue weighted by Crippen LogP contribution is 2.09. The largest absolute Gasteiger partial charge is 0.490 e. The van der Waals surface area contributed by atoms with Crippen molar-refractivity contribution in [2.24, 2.45) is 5.73 Å². The fourth-order valence-corrected chi connectivity index (χ4v) is 1.53. The number of rotatable bonds is 11. The molecule has 0 fully saturated rings. The van der Waals surface area contributed by atoms with E-state index < -0.39 is 0 Å². The molecule has 1 aromatic rings. The number of hydrogen-bond donors (Lipinski definition) is 2. The van der Waals surface area contributed by atoms with Crippen LogP contribution in [-0.4, -0.2) is 55.8 Å². The average molecular weight is 321 g/mol. The maximum absolute atomic E-state index is 8.87. The Morgan fingerprint density at radius 3 is 2.52 bits per heavy atom. The van der Waals surface area contributed by atoms with Crippen LogP contribution in [-0.2, 0) is 15.9 Å². The highest BCUT2D eigenvalue weighted by Gasteiger charge is 2.03. The molecule has 1 atom stereocenters. The topological polar surface area (TPSA) is 86.8 Å². The maximum atomic E-state index is 8.87. The first-order chi connectivity index (χ1) is 9.76. The van der Waals surface area contributed by atoms with Crippen LogP contribution in [0.15, 0.2) is 18.3 Å². The molecular formula is C14H25ClN2O4. The van der Waals surface area contributed by atoms with Gasteiger partial charge in [0.15, 0.2) is 0 Å². The summed E-state index contributed by atoms with van der Waals surface area (Å²) in [7, 11) is 0. The van der Waals surface area contributed by atoms with Crippen LogP contribution in [0.3, 0.4) is 0 Å². The molecule has 0 aliphatic rings. The second-order valence-corrected chi connectivity index (χ2v) is 4.29. The van der Waals surface area contributed by atoms with Gasteiger partial charge in [0.05, 0.1) is 32.6 Å². The van der Waals surface area contributed by atoms with Crippen LogP contribution in [0.25, 0.3) is 0 Å². The van der Waals surface area contributed by atoms with Crippen molar-refractivity contribution < 1.29 is 19.3 Å². The van der Waals surface area contributed by atoms with Crippen LogP contribution < -0.4 is 10.5 Å². The van der Waals surface area contributed by atoms with E-state index in [9.17, 15) is 0 Å². The lowest BCUT2D eigenvalue weighted by Crippen LogP contribution is -2.27. The maximum Gasteiger partial charge on any atom is 0.137 e. The Morgan fingerprint density at radius 1 is 1.19 bits per heavy atom. The Bertz CT molecular complexity index is 351. The van der Waals surface area contributed by atoms with E-state index >= 15 is 0 Å². The summed E-state index contributed by atoms with van der Waals surface area (Å²) in [6, 6.07) is 3.42. The monoisotopic (exact) mass is 320 g/mol. The molecule has 1 heterocycles. The van der Waals surface area contributed by atoms with Crippen molar-refractivity contribution in [1.29, 1.82) is 0 Å². The van der Waals surface area contributed by atoms with Crippen LogP contribution in [0.4, 0.5) is 0 Å². The second kappa shape index (κ2) is 12.8. The molecule has 1 aromatic heterocycles. The molecule has 0 radical (unpaired) electrons. The Hall–Kier alpha value is -0.920. The van der Waals surface area contributed by atoms with Gasteiger partial charge in [0.2, 0.25) is 0 Å². The molecule has 21 heavy (non-hydrogen) atoms. The van der Waals surface area contributed by atoms with Gasteiger partial charge in [-0.3, -0.25) is 4.98 Å². The van der Waals surface area contributed by atoms with Crippen molar-refractivity contribution in [2.75, 3.05) is 39.6 Å². The molecule has 1 unspecified atom stereocenters. The number of hydrogen-bond acceptors (Lipinski definition) is 6. The minimum atomic E-state index is -0.270. The number of aromatic nitrogens is 1. The van der Waals surface area contributed by atoms with Crippen molar-refractivity contribution in [3.8, 4) is 5.75 Å². The third-order valence-corrected chi connectivity index (χ3v) is 2.58. The van der Waals surface area contributed by atoms with Gasteiger partial charge in [0.25, 0.3) is 0 Å². The zero-order chi connectivity index (χ0) is 14.6. The molecule has 0 amide bonds. The first-order valence-electron chi connectivity index (χ1n) is 6.86. The van der Waals surface area contributed by atoms with Crippen molar-refractivity contribution in [3.63, 3.8) is 0 Å². The van der Waals surface area contributed by atoms with E-state index in [0.717, 1.165) is 5.69 Å². The number of ether oxygens (including phenoxy) is 3. The van der Waals surface area contributed by atoms with Gasteiger partial charge < -0.3 is 25.1 Å². The average Bonchev–Trinajstić information content (AvgIpc) is 2.48. The predicted molar refractivity (Wildman–Crippen MR) is 83.1 cm³/mol. The normalized spacial score (nSPS) is 11.8. The summed E-state index contributed by atoms with van der Waals surface area (Å²) in [6.07, 6.45) is 2.21. The summed E-state index contributed by atoms with van der Waals surface area (Å²) in [4.78, 5) is 4.23.